The van der Waals surface area contributed by atoms with Crippen LogP contribution in [0.2, 0.25) is 0 Å². The van der Waals surface area contributed by atoms with E-state index in [2.05, 4.69) is 17.6 Å². The highest BCUT2D eigenvalue weighted by Crippen LogP contribution is 2.22. The molecular formula is C14H26N2OS. The Labute approximate surface area is 115 Å². The molecule has 2 heterocycles. The summed E-state index contributed by atoms with van der Waals surface area (Å²) in [5.74, 6) is 4.19. The molecule has 0 aromatic rings. The predicted molar refractivity (Wildman–Crippen MR) is 77.9 cm³/mol. The largest absolute Gasteiger partial charge is 0.354 e. The van der Waals surface area contributed by atoms with E-state index in [1.165, 1.54) is 37.2 Å². The molecule has 2 aliphatic rings. The van der Waals surface area contributed by atoms with Gasteiger partial charge in [-0.1, -0.05) is 13.3 Å². The zero-order valence-electron chi connectivity index (χ0n) is 11.4. The fourth-order valence-corrected chi connectivity index (χ4v) is 4.09. The van der Waals surface area contributed by atoms with Crippen LogP contribution in [0.5, 0.6) is 0 Å². The molecule has 2 unspecified atom stereocenters. The zero-order valence-corrected chi connectivity index (χ0v) is 12.2. The lowest BCUT2D eigenvalue weighted by Crippen LogP contribution is -2.49. The van der Waals surface area contributed by atoms with E-state index >= 15 is 0 Å². The monoisotopic (exact) mass is 270 g/mol. The van der Waals surface area contributed by atoms with Crippen LogP contribution in [0, 0.1) is 11.8 Å². The lowest BCUT2D eigenvalue weighted by molar-refractivity contribution is -0.124. The highest BCUT2D eigenvalue weighted by Gasteiger charge is 2.26. The van der Waals surface area contributed by atoms with E-state index in [-0.39, 0.29) is 11.9 Å². The summed E-state index contributed by atoms with van der Waals surface area (Å²) in [6.07, 6.45) is 5.97. The minimum atomic E-state index is 0.0571. The number of amides is 1. The first-order valence-corrected chi connectivity index (χ1v) is 8.54. The SMILES string of the molecule is CCC1CCNC(C(=O)NCC2CCSCC2)C1. The van der Waals surface area contributed by atoms with Crippen molar-refractivity contribution in [1.29, 1.82) is 0 Å². The first kappa shape index (κ1) is 14.2. The van der Waals surface area contributed by atoms with Gasteiger partial charge in [-0.25, -0.2) is 0 Å². The maximum atomic E-state index is 12.1. The molecule has 0 spiro atoms. The van der Waals surface area contributed by atoms with Gasteiger partial charge in [-0.3, -0.25) is 4.79 Å². The van der Waals surface area contributed by atoms with Crippen molar-refractivity contribution in [1.82, 2.24) is 10.6 Å². The highest BCUT2D eigenvalue weighted by molar-refractivity contribution is 7.99. The van der Waals surface area contributed by atoms with E-state index in [9.17, 15) is 4.79 Å². The van der Waals surface area contributed by atoms with Crippen molar-refractivity contribution in [3.63, 3.8) is 0 Å². The molecule has 0 saturated carbocycles. The first-order valence-electron chi connectivity index (χ1n) is 7.38. The standard InChI is InChI=1S/C14H26N2OS/c1-2-11-3-6-15-13(9-11)14(17)16-10-12-4-7-18-8-5-12/h11-13,15H,2-10H2,1H3,(H,16,17). The van der Waals surface area contributed by atoms with E-state index in [1.54, 1.807) is 0 Å². The highest BCUT2D eigenvalue weighted by atomic mass is 32.2. The Morgan fingerprint density at radius 2 is 2.06 bits per heavy atom. The Balaban J connectivity index is 1.70. The van der Waals surface area contributed by atoms with Crippen LogP contribution in [-0.4, -0.2) is 36.5 Å². The molecule has 1 amide bonds. The summed E-state index contributed by atoms with van der Waals surface area (Å²) in [5.41, 5.74) is 0. The smallest absolute Gasteiger partial charge is 0.237 e. The summed E-state index contributed by atoms with van der Waals surface area (Å²) in [6.45, 7) is 4.11. The molecule has 0 aromatic heterocycles. The van der Waals surface area contributed by atoms with Crippen LogP contribution in [0.1, 0.15) is 39.0 Å². The van der Waals surface area contributed by atoms with Gasteiger partial charge in [0.15, 0.2) is 0 Å². The lowest BCUT2D eigenvalue weighted by atomic mass is 9.90. The summed E-state index contributed by atoms with van der Waals surface area (Å²) in [7, 11) is 0. The fraction of sp³-hybridized carbons (Fsp3) is 0.929. The van der Waals surface area contributed by atoms with Crippen LogP contribution in [0.4, 0.5) is 0 Å². The molecule has 0 aromatic carbocycles. The van der Waals surface area contributed by atoms with Crippen molar-refractivity contribution in [2.24, 2.45) is 11.8 Å². The molecule has 2 fully saturated rings. The summed E-state index contributed by atoms with van der Waals surface area (Å²) in [4.78, 5) is 12.1. The van der Waals surface area contributed by atoms with E-state index in [1.807, 2.05) is 11.8 Å². The third kappa shape index (κ3) is 4.16. The van der Waals surface area contributed by atoms with Gasteiger partial charge in [-0.2, -0.15) is 11.8 Å². The minimum Gasteiger partial charge on any atom is -0.354 e. The Bertz CT molecular complexity index is 267. The Morgan fingerprint density at radius 3 is 2.78 bits per heavy atom. The van der Waals surface area contributed by atoms with Crippen LogP contribution < -0.4 is 10.6 Å². The second-order valence-electron chi connectivity index (χ2n) is 5.61. The average Bonchev–Trinajstić information content (AvgIpc) is 2.46. The third-order valence-corrected chi connectivity index (χ3v) is 5.36. The third-order valence-electron chi connectivity index (χ3n) is 4.31. The molecule has 4 heteroatoms. The van der Waals surface area contributed by atoms with Gasteiger partial charge in [0.05, 0.1) is 6.04 Å². The van der Waals surface area contributed by atoms with Crippen molar-refractivity contribution in [2.75, 3.05) is 24.6 Å². The van der Waals surface area contributed by atoms with Crippen LogP contribution >= 0.6 is 11.8 Å². The second-order valence-corrected chi connectivity index (χ2v) is 6.83. The molecule has 0 aliphatic carbocycles. The maximum Gasteiger partial charge on any atom is 0.237 e. The van der Waals surface area contributed by atoms with E-state index < -0.39 is 0 Å². The van der Waals surface area contributed by atoms with Gasteiger partial charge < -0.3 is 10.6 Å². The van der Waals surface area contributed by atoms with Gasteiger partial charge in [-0.05, 0) is 55.6 Å². The predicted octanol–water partition coefficient (Wildman–Crippen LogP) is 2.02. The maximum absolute atomic E-state index is 12.1. The summed E-state index contributed by atoms with van der Waals surface area (Å²) in [5, 5.41) is 6.51. The Morgan fingerprint density at radius 1 is 1.28 bits per heavy atom. The molecule has 2 N–H and O–H groups in total. The molecule has 0 bridgehead atoms. The summed E-state index contributed by atoms with van der Waals surface area (Å²) in [6, 6.07) is 0.0571. The topological polar surface area (TPSA) is 41.1 Å². The average molecular weight is 270 g/mol. The van der Waals surface area contributed by atoms with E-state index in [4.69, 9.17) is 0 Å². The minimum absolute atomic E-state index is 0.0571. The molecule has 2 saturated heterocycles. The summed E-state index contributed by atoms with van der Waals surface area (Å²) >= 11 is 2.04. The number of nitrogens with one attached hydrogen (secondary N) is 2. The fourth-order valence-electron chi connectivity index (χ4n) is 2.89. The second kappa shape index (κ2) is 7.39. The Hall–Kier alpha value is -0.220. The van der Waals surface area contributed by atoms with Gasteiger partial charge in [0.1, 0.15) is 0 Å². The quantitative estimate of drug-likeness (QED) is 0.821. The molecule has 2 atom stereocenters. The number of carbonyl (C=O) groups is 1. The van der Waals surface area contributed by atoms with Gasteiger partial charge in [0.2, 0.25) is 5.91 Å². The van der Waals surface area contributed by atoms with Crippen LogP contribution in [0.3, 0.4) is 0 Å². The van der Waals surface area contributed by atoms with Gasteiger partial charge in [0.25, 0.3) is 0 Å². The van der Waals surface area contributed by atoms with Crippen molar-refractivity contribution in [2.45, 2.75) is 45.1 Å². The van der Waals surface area contributed by atoms with Crippen LogP contribution in [0.25, 0.3) is 0 Å². The number of hydrogen-bond acceptors (Lipinski definition) is 3. The van der Waals surface area contributed by atoms with Crippen molar-refractivity contribution < 1.29 is 4.79 Å². The number of rotatable bonds is 4. The van der Waals surface area contributed by atoms with Crippen LogP contribution in [0.15, 0.2) is 0 Å². The van der Waals surface area contributed by atoms with Crippen molar-refractivity contribution in [3.05, 3.63) is 0 Å². The zero-order chi connectivity index (χ0) is 12.8. The van der Waals surface area contributed by atoms with Gasteiger partial charge >= 0.3 is 0 Å². The molecule has 2 rings (SSSR count). The van der Waals surface area contributed by atoms with E-state index in [0.29, 0.717) is 5.92 Å². The number of carbonyl (C=O) groups excluding carboxylic acids is 1. The lowest BCUT2D eigenvalue weighted by Gasteiger charge is -2.29. The number of hydrogen-bond donors (Lipinski definition) is 2. The Kier molecular flexibility index (Phi) is 5.83. The molecule has 0 radical (unpaired) electrons. The summed E-state index contributed by atoms with van der Waals surface area (Å²) < 4.78 is 0. The molecular weight excluding hydrogens is 244 g/mol. The number of thioether (sulfide) groups is 1. The molecule has 2 aliphatic heterocycles. The van der Waals surface area contributed by atoms with Crippen molar-refractivity contribution in [3.8, 4) is 0 Å². The van der Waals surface area contributed by atoms with Crippen LogP contribution in [-0.2, 0) is 4.79 Å². The van der Waals surface area contributed by atoms with Crippen molar-refractivity contribution >= 4 is 17.7 Å². The first-order chi connectivity index (χ1) is 8.79. The normalized spacial score (nSPS) is 30.1. The van der Waals surface area contributed by atoms with Gasteiger partial charge in [-0.15, -0.1) is 0 Å². The van der Waals surface area contributed by atoms with Gasteiger partial charge in [0, 0.05) is 6.54 Å². The van der Waals surface area contributed by atoms with E-state index in [0.717, 1.165) is 25.4 Å². The number of piperidine rings is 1. The molecule has 18 heavy (non-hydrogen) atoms. The molecule has 104 valence electrons. The molecule has 3 nitrogen and oxygen atoms in total.